The molecular weight excluding hydrogens is 234 g/mol. The third-order valence-corrected chi connectivity index (χ3v) is 3.44. The van der Waals surface area contributed by atoms with Crippen LogP contribution in [0.2, 0.25) is 0 Å². The summed E-state index contributed by atoms with van der Waals surface area (Å²) >= 11 is 0. The van der Waals surface area contributed by atoms with Crippen molar-refractivity contribution in [2.24, 2.45) is 0 Å². The van der Waals surface area contributed by atoms with E-state index in [0.717, 1.165) is 27.3 Å². The zero-order chi connectivity index (χ0) is 12.8. The van der Waals surface area contributed by atoms with Crippen molar-refractivity contribution >= 4 is 27.3 Å². The van der Waals surface area contributed by atoms with Crippen LogP contribution < -0.4 is 0 Å². The van der Waals surface area contributed by atoms with Crippen LogP contribution in [-0.4, -0.2) is 9.38 Å². The van der Waals surface area contributed by atoms with Crippen LogP contribution in [0, 0.1) is 11.3 Å². The van der Waals surface area contributed by atoms with Gasteiger partial charge in [0.2, 0.25) is 0 Å². The molecule has 3 aromatic heterocycles. The molecule has 0 saturated heterocycles. The molecule has 0 atom stereocenters. The molecule has 19 heavy (non-hydrogen) atoms. The summed E-state index contributed by atoms with van der Waals surface area (Å²) in [5, 5.41) is 11.2. The lowest BCUT2D eigenvalue weighted by Crippen LogP contribution is -1.91. The molecule has 0 aliphatic carbocycles. The predicted molar refractivity (Wildman–Crippen MR) is 74.9 cm³/mol. The summed E-state index contributed by atoms with van der Waals surface area (Å²) in [6.07, 6.45) is 2.03. The first-order chi connectivity index (χ1) is 9.36. The number of fused-ring (bicyclic) bond motifs is 5. The highest BCUT2D eigenvalue weighted by Crippen LogP contribution is 2.25. The highest BCUT2D eigenvalue weighted by atomic mass is 14.9. The van der Waals surface area contributed by atoms with Gasteiger partial charge in [0.15, 0.2) is 0 Å². The Bertz CT molecular complexity index is 974. The Balaban J connectivity index is 2.34. The maximum Gasteiger partial charge on any atom is 0.141 e. The Morgan fingerprint density at radius 1 is 0.947 bits per heavy atom. The molecular formula is C16H9N3. The van der Waals surface area contributed by atoms with E-state index in [1.807, 2.05) is 24.4 Å². The first-order valence-corrected chi connectivity index (χ1v) is 6.06. The van der Waals surface area contributed by atoms with E-state index in [1.54, 1.807) is 6.07 Å². The van der Waals surface area contributed by atoms with E-state index in [1.165, 1.54) is 0 Å². The van der Waals surface area contributed by atoms with Gasteiger partial charge in [-0.2, -0.15) is 5.26 Å². The molecule has 0 fully saturated rings. The molecule has 0 bridgehead atoms. The highest BCUT2D eigenvalue weighted by Gasteiger charge is 2.06. The molecule has 0 aliphatic rings. The fourth-order valence-electron chi connectivity index (χ4n) is 2.55. The lowest BCUT2D eigenvalue weighted by molar-refractivity contribution is 1.26. The summed E-state index contributed by atoms with van der Waals surface area (Å²) in [5.74, 6) is 0. The number of hydrogen-bond acceptors (Lipinski definition) is 2. The summed E-state index contributed by atoms with van der Waals surface area (Å²) in [6.45, 7) is 0. The Hall–Kier alpha value is -2.86. The topological polar surface area (TPSA) is 41.1 Å². The molecule has 0 unspecified atom stereocenters. The number of benzene rings is 1. The minimum absolute atomic E-state index is 0.448. The fourth-order valence-corrected chi connectivity index (χ4v) is 2.55. The van der Waals surface area contributed by atoms with Crippen molar-refractivity contribution < 1.29 is 0 Å². The predicted octanol–water partition coefficient (Wildman–Crippen LogP) is 3.51. The smallest absolute Gasteiger partial charge is 0.141 e. The zero-order valence-electron chi connectivity index (χ0n) is 10.0. The molecule has 0 aliphatic heterocycles. The van der Waals surface area contributed by atoms with Crippen molar-refractivity contribution in [2.45, 2.75) is 0 Å². The number of hydrogen-bond donors (Lipinski definition) is 0. The van der Waals surface area contributed by atoms with E-state index in [-0.39, 0.29) is 0 Å². The minimum Gasteiger partial charge on any atom is -0.315 e. The Morgan fingerprint density at radius 2 is 1.74 bits per heavy atom. The van der Waals surface area contributed by atoms with Crippen molar-refractivity contribution in [1.29, 1.82) is 5.26 Å². The van der Waals surface area contributed by atoms with Gasteiger partial charge in [-0.3, -0.25) is 0 Å². The fraction of sp³-hybridized carbons (Fsp3) is 0. The Labute approximate surface area is 109 Å². The van der Waals surface area contributed by atoms with E-state index in [2.05, 4.69) is 39.7 Å². The third kappa shape index (κ3) is 1.34. The summed E-state index contributed by atoms with van der Waals surface area (Å²) in [4.78, 5) is 4.47. The number of rotatable bonds is 0. The molecule has 0 saturated carbocycles. The van der Waals surface area contributed by atoms with Crippen molar-refractivity contribution in [3.05, 3.63) is 60.4 Å². The standard InChI is InChI=1S/C16H9N3/c17-10-13-7-5-11-3-4-12-6-8-14-2-1-9-19(14)16(12)15(11)18-13/h1-9H. The van der Waals surface area contributed by atoms with E-state index in [4.69, 9.17) is 5.26 Å². The van der Waals surface area contributed by atoms with Crippen LogP contribution in [0.3, 0.4) is 0 Å². The highest BCUT2D eigenvalue weighted by molar-refractivity contribution is 6.04. The van der Waals surface area contributed by atoms with E-state index >= 15 is 0 Å². The van der Waals surface area contributed by atoms with Crippen LogP contribution in [0.4, 0.5) is 0 Å². The number of pyridine rings is 2. The summed E-state index contributed by atoms with van der Waals surface area (Å²) in [7, 11) is 0. The molecule has 3 heteroatoms. The third-order valence-electron chi connectivity index (χ3n) is 3.44. The lowest BCUT2D eigenvalue weighted by Gasteiger charge is -2.06. The maximum absolute atomic E-state index is 9.02. The second-order valence-electron chi connectivity index (χ2n) is 4.52. The molecule has 0 N–H and O–H groups in total. The Morgan fingerprint density at radius 3 is 2.63 bits per heavy atom. The van der Waals surface area contributed by atoms with Crippen LogP contribution in [0.5, 0.6) is 0 Å². The van der Waals surface area contributed by atoms with Crippen LogP contribution in [0.25, 0.3) is 27.3 Å². The Kier molecular flexibility index (Phi) is 1.89. The normalized spacial score (nSPS) is 11.1. The maximum atomic E-state index is 9.02. The van der Waals surface area contributed by atoms with Crippen LogP contribution >= 0.6 is 0 Å². The van der Waals surface area contributed by atoms with Gasteiger partial charge in [0.1, 0.15) is 11.8 Å². The molecule has 0 radical (unpaired) electrons. The van der Waals surface area contributed by atoms with Gasteiger partial charge < -0.3 is 4.40 Å². The van der Waals surface area contributed by atoms with Crippen molar-refractivity contribution in [3.8, 4) is 6.07 Å². The second-order valence-corrected chi connectivity index (χ2v) is 4.52. The quantitative estimate of drug-likeness (QED) is 0.443. The molecule has 4 rings (SSSR count). The van der Waals surface area contributed by atoms with E-state index in [9.17, 15) is 0 Å². The van der Waals surface area contributed by atoms with Gasteiger partial charge in [-0.05, 0) is 30.3 Å². The molecule has 0 amide bonds. The van der Waals surface area contributed by atoms with E-state index in [0.29, 0.717) is 5.69 Å². The molecule has 0 spiro atoms. The summed E-state index contributed by atoms with van der Waals surface area (Å²) in [6, 6.07) is 18.2. The van der Waals surface area contributed by atoms with Gasteiger partial charge in [0.25, 0.3) is 0 Å². The summed E-state index contributed by atoms with van der Waals surface area (Å²) in [5.41, 5.74) is 3.50. The lowest BCUT2D eigenvalue weighted by atomic mass is 10.1. The largest absolute Gasteiger partial charge is 0.315 e. The number of nitriles is 1. The van der Waals surface area contributed by atoms with Gasteiger partial charge >= 0.3 is 0 Å². The monoisotopic (exact) mass is 243 g/mol. The van der Waals surface area contributed by atoms with E-state index < -0.39 is 0 Å². The number of nitrogens with zero attached hydrogens (tertiary/aromatic N) is 3. The van der Waals surface area contributed by atoms with Crippen molar-refractivity contribution in [1.82, 2.24) is 9.38 Å². The second kappa shape index (κ2) is 3.56. The first-order valence-electron chi connectivity index (χ1n) is 6.06. The van der Waals surface area contributed by atoms with Gasteiger partial charge in [-0.15, -0.1) is 0 Å². The average Bonchev–Trinajstić information content (AvgIpc) is 2.94. The molecule has 4 aromatic rings. The SMILES string of the molecule is N#Cc1ccc2ccc3ccc4cccn4c3c2n1. The molecule has 88 valence electrons. The van der Waals surface area contributed by atoms with Gasteiger partial charge in [0.05, 0.1) is 11.0 Å². The van der Waals surface area contributed by atoms with Gasteiger partial charge in [0, 0.05) is 22.5 Å². The summed E-state index contributed by atoms with van der Waals surface area (Å²) < 4.78 is 2.12. The van der Waals surface area contributed by atoms with Crippen LogP contribution in [0.15, 0.2) is 54.7 Å². The van der Waals surface area contributed by atoms with Crippen molar-refractivity contribution in [3.63, 3.8) is 0 Å². The molecule has 3 nitrogen and oxygen atoms in total. The molecule has 1 aromatic carbocycles. The van der Waals surface area contributed by atoms with Gasteiger partial charge in [-0.25, -0.2) is 4.98 Å². The number of aromatic nitrogens is 2. The first kappa shape index (κ1) is 10.1. The minimum atomic E-state index is 0.448. The zero-order valence-corrected chi connectivity index (χ0v) is 10.0. The van der Waals surface area contributed by atoms with Crippen LogP contribution in [-0.2, 0) is 0 Å². The van der Waals surface area contributed by atoms with Crippen LogP contribution in [0.1, 0.15) is 5.69 Å². The molecule has 3 heterocycles. The average molecular weight is 243 g/mol. The van der Waals surface area contributed by atoms with Gasteiger partial charge in [-0.1, -0.05) is 18.2 Å². The van der Waals surface area contributed by atoms with Crippen molar-refractivity contribution in [2.75, 3.05) is 0 Å².